The zero-order chi connectivity index (χ0) is 23.3. The van der Waals surface area contributed by atoms with Crippen molar-refractivity contribution in [1.29, 1.82) is 0 Å². The van der Waals surface area contributed by atoms with E-state index in [9.17, 15) is 13.2 Å². The fraction of sp³-hybridized carbons (Fsp3) is 0.375. The van der Waals surface area contributed by atoms with Crippen molar-refractivity contribution < 1.29 is 22.4 Å². The minimum absolute atomic E-state index is 0.102. The molecule has 0 atom stereocenters. The Hall–Kier alpha value is -2.51. The average molecular weight is 478 g/mol. The molecule has 1 heterocycles. The summed E-state index contributed by atoms with van der Waals surface area (Å²) in [5.74, 6) is -0.0330. The second-order valence-electron chi connectivity index (χ2n) is 7.81. The molecule has 0 bridgehead atoms. The van der Waals surface area contributed by atoms with E-state index < -0.39 is 16.0 Å². The SMILES string of the molecule is CCCCCCCOC(=O)c1c(C)oc2ccc(NS(=O)(=O)c3ccc(Cl)c(C)c3)cc12. The van der Waals surface area contributed by atoms with E-state index in [0.29, 0.717) is 45.2 Å². The summed E-state index contributed by atoms with van der Waals surface area (Å²) in [7, 11) is -3.83. The number of unbranched alkanes of at least 4 members (excludes halogenated alkanes) is 4. The molecule has 3 aromatic rings. The molecule has 0 aliphatic carbocycles. The third-order valence-corrected chi connectivity index (χ3v) is 7.04. The molecule has 1 aromatic heterocycles. The molecule has 3 rings (SSSR count). The van der Waals surface area contributed by atoms with Gasteiger partial charge in [-0.05, 0) is 62.2 Å². The summed E-state index contributed by atoms with van der Waals surface area (Å²) in [6.07, 6.45) is 5.28. The first-order chi connectivity index (χ1) is 15.2. The van der Waals surface area contributed by atoms with Crippen LogP contribution in [0.5, 0.6) is 0 Å². The average Bonchev–Trinajstić information content (AvgIpc) is 3.07. The van der Waals surface area contributed by atoms with Crippen molar-refractivity contribution in [2.24, 2.45) is 0 Å². The molecule has 0 radical (unpaired) electrons. The van der Waals surface area contributed by atoms with Gasteiger partial charge in [0.2, 0.25) is 0 Å². The van der Waals surface area contributed by atoms with Crippen LogP contribution in [0.2, 0.25) is 5.02 Å². The van der Waals surface area contributed by atoms with E-state index in [-0.39, 0.29) is 4.90 Å². The lowest BCUT2D eigenvalue weighted by molar-refractivity contribution is 0.0497. The topological polar surface area (TPSA) is 85.6 Å². The molecule has 0 aliphatic rings. The molecule has 0 saturated carbocycles. The molecule has 1 N–H and O–H groups in total. The summed E-state index contributed by atoms with van der Waals surface area (Å²) >= 11 is 6.00. The number of carbonyl (C=O) groups is 1. The van der Waals surface area contributed by atoms with Crippen molar-refractivity contribution in [3.05, 3.63) is 58.3 Å². The Labute approximate surface area is 194 Å². The number of fused-ring (bicyclic) bond motifs is 1. The highest BCUT2D eigenvalue weighted by atomic mass is 35.5. The molecule has 0 saturated heterocycles. The molecule has 0 aliphatic heterocycles. The number of rotatable bonds is 10. The maximum Gasteiger partial charge on any atom is 0.342 e. The Bertz CT molecular complexity index is 1220. The van der Waals surface area contributed by atoms with E-state index in [1.807, 2.05) is 0 Å². The van der Waals surface area contributed by atoms with E-state index in [1.54, 1.807) is 38.1 Å². The number of hydrogen-bond acceptors (Lipinski definition) is 5. The van der Waals surface area contributed by atoms with E-state index >= 15 is 0 Å². The second-order valence-corrected chi connectivity index (χ2v) is 9.90. The molecule has 0 unspecified atom stereocenters. The Kier molecular flexibility index (Phi) is 7.85. The molecule has 32 heavy (non-hydrogen) atoms. The van der Waals surface area contributed by atoms with Crippen LogP contribution in [-0.4, -0.2) is 21.0 Å². The van der Waals surface area contributed by atoms with E-state index in [4.69, 9.17) is 20.8 Å². The van der Waals surface area contributed by atoms with Gasteiger partial charge in [0.05, 0.1) is 11.5 Å². The van der Waals surface area contributed by atoms with Crippen LogP contribution >= 0.6 is 11.6 Å². The second kappa shape index (κ2) is 10.4. The van der Waals surface area contributed by atoms with Crippen LogP contribution < -0.4 is 4.72 Å². The molecular formula is C24H28ClNO5S. The highest BCUT2D eigenvalue weighted by Gasteiger charge is 2.21. The van der Waals surface area contributed by atoms with Crippen molar-refractivity contribution in [2.75, 3.05) is 11.3 Å². The van der Waals surface area contributed by atoms with Crippen LogP contribution in [0.4, 0.5) is 5.69 Å². The number of esters is 1. The smallest absolute Gasteiger partial charge is 0.342 e. The fourth-order valence-electron chi connectivity index (χ4n) is 3.48. The fourth-order valence-corrected chi connectivity index (χ4v) is 4.73. The number of furan rings is 1. The van der Waals surface area contributed by atoms with Crippen molar-refractivity contribution in [3.63, 3.8) is 0 Å². The van der Waals surface area contributed by atoms with Crippen LogP contribution in [-0.2, 0) is 14.8 Å². The Morgan fingerprint density at radius 2 is 1.81 bits per heavy atom. The van der Waals surface area contributed by atoms with Gasteiger partial charge in [-0.2, -0.15) is 0 Å². The largest absolute Gasteiger partial charge is 0.462 e. The standard InChI is InChI=1S/C24H28ClNO5S/c1-4-5-6-7-8-13-30-24(27)23-17(3)31-22-12-9-18(15-20(22)23)26-32(28,29)19-10-11-21(25)16(2)14-19/h9-12,14-15,26H,4-8,13H2,1-3H3. The molecule has 172 valence electrons. The van der Waals surface area contributed by atoms with Crippen LogP contribution in [0, 0.1) is 13.8 Å². The van der Waals surface area contributed by atoms with Crippen LogP contribution in [0.3, 0.4) is 0 Å². The Morgan fingerprint density at radius 3 is 2.53 bits per heavy atom. The first-order valence-corrected chi connectivity index (χ1v) is 12.6. The quantitative estimate of drug-likeness (QED) is 0.261. The zero-order valence-electron chi connectivity index (χ0n) is 18.5. The lowest BCUT2D eigenvalue weighted by Gasteiger charge is -2.10. The van der Waals surface area contributed by atoms with Crippen molar-refractivity contribution in [1.82, 2.24) is 0 Å². The molecule has 6 nitrogen and oxygen atoms in total. The predicted molar refractivity (Wildman–Crippen MR) is 127 cm³/mol. The Balaban J connectivity index is 1.79. The van der Waals surface area contributed by atoms with Crippen molar-refractivity contribution in [2.45, 2.75) is 57.8 Å². The first kappa shape index (κ1) is 24.1. The molecule has 2 aromatic carbocycles. The van der Waals surface area contributed by atoms with Gasteiger partial charge >= 0.3 is 5.97 Å². The van der Waals surface area contributed by atoms with Crippen LogP contribution in [0.15, 0.2) is 45.7 Å². The molecule has 0 amide bonds. The van der Waals surface area contributed by atoms with Gasteiger partial charge in [0.25, 0.3) is 10.0 Å². The number of nitrogens with one attached hydrogen (secondary N) is 1. The number of anilines is 1. The molecule has 0 spiro atoms. The maximum atomic E-state index is 12.8. The number of ether oxygens (including phenoxy) is 1. The predicted octanol–water partition coefficient (Wildman–Crippen LogP) is 6.63. The summed E-state index contributed by atoms with van der Waals surface area (Å²) < 4.78 is 39.3. The van der Waals surface area contributed by atoms with Gasteiger partial charge < -0.3 is 9.15 Å². The monoisotopic (exact) mass is 477 g/mol. The highest BCUT2D eigenvalue weighted by Crippen LogP contribution is 2.30. The van der Waals surface area contributed by atoms with E-state index in [1.165, 1.54) is 18.6 Å². The normalized spacial score (nSPS) is 11.6. The van der Waals surface area contributed by atoms with Gasteiger partial charge in [0.15, 0.2) is 0 Å². The summed E-state index contributed by atoms with van der Waals surface area (Å²) in [6, 6.07) is 9.31. The zero-order valence-corrected chi connectivity index (χ0v) is 20.1. The Morgan fingerprint density at radius 1 is 1.06 bits per heavy atom. The molecule has 0 fully saturated rings. The maximum absolute atomic E-state index is 12.8. The van der Waals surface area contributed by atoms with Crippen LogP contribution in [0.25, 0.3) is 11.0 Å². The number of sulfonamides is 1. The number of benzene rings is 2. The molecular weight excluding hydrogens is 450 g/mol. The van der Waals surface area contributed by atoms with Crippen LogP contribution in [0.1, 0.15) is 60.7 Å². The summed E-state index contributed by atoms with van der Waals surface area (Å²) in [6.45, 7) is 5.93. The summed E-state index contributed by atoms with van der Waals surface area (Å²) in [5.41, 5.74) is 1.79. The van der Waals surface area contributed by atoms with Gasteiger partial charge in [0, 0.05) is 16.1 Å². The number of aryl methyl sites for hydroxylation is 2. The van der Waals surface area contributed by atoms with E-state index in [2.05, 4.69) is 11.6 Å². The van der Waals surface area contributed by atoms with Gasteiger partial charge in [-0.1, -0.05) is 44.2 Å². The third kappa shape index (κ3) is 5.64. The minimum atomic E-state index is -3.83. The lowest BCUT2D eigenvalue weighted by atomic mass is 10.1. The number of hydrogen-bond donors (Lipinski definition) is 1. The van der Waals surface area contributed by atoms with Crippen molar-refractivity contribution in [3.8, 4) is 0 Å². The summed E-state index contributed by atoms with van der Waals surface area (Å²) in [5, 5.41) is 0.999. The van der Waals surface area contributed by atoms with Gasteiger partial charge in [0.1, 0.15) is 16.9 Å². The number of carbonyl (C=O) groups excluding carboxylic acids is 1. The number of halogens is 1. The lowest BCUT2D eigenvalue weighted by Crippen LogP contribution is -2.13. The minimum Gasteiger partial charge on any atom is -0.462 e. The van der Waals surface area contributed by atoms with Gasteiger partial charge in [-0.15, -0.1) is 0 Å². The van der Waals surface area contributed by atoms with E-state index in [0.717, 1.165) is 25.7 Å². The first-order valence-electron chi connectivity index (χ1n) is 10.7. The highest BCUT2D eigenvalue weighted by molar-refractivity contribution is 7.92. The van der Waals surface area contributed by atoms with Gasteiger partial charge in [-0.3, -0.25) is 4.72 Å². The van der Waals surface area contributed by atoms with Crippen molar-refractivity contribution >= 4 is 44.3 Å². The summed E-state index contributed by atoms with van der Waals surface area (Å²) in [4.78, 5) is 12.8. The third-order valence-electron chi connectivity index (χ3n) is 5.24. The molecule has 8 heteroatoms. The van der Waals surface area contributed by atoms with Gasteiger partial charge in [-0.25, -0.2) is 13.2 Å².